The number of carbonyl (C=O) groups excluding carboxylic acids is 2. The molecular formula is C18H19N3O4. The van der Waals surface area contributed by atoms with Crippen LogP contribution in [0.2, 0.25) is 0 Å². The number of nitrogens with zero attached hydrogens (tertiary/aromatic N) is 1. The minimum absolute atomic E-state index is 0.0227. The lowest BCUT2D eigenvalue weighted by Gasteiger charge is -2.06. The summed E-state index contributed by atoms with van der Waals surface area (Å²) in [6.07, 6.45) is 1.52. The predicted molar refractivity (Wildman–Crippen MR) is 94.7 cm³/mol. The van der Waals surface area contributed by atoms with Crippen molar-refractivity contribution in [2.45, 2.75) is 12.8 Å². The normalized spacial score (nSPS) is 10.4. The lowest BCUT2D eigenvalue weighted by molar-refractivity contribution is -0.124. The van der Waals surface area contributed by atoms with Crippen molar-refractivity contribution in [2.75, 3.05) is 12.4 Å². The molecule has 0 heterocycles. The number of methoxy groups -OCH3 is 1. The Balaban J connectivity index is 1.71. The SMILES string of the molecule is COc1ccc(NC(=O)CCC(=O)N/N=C/c2ccc(O)cc2)cc1. The zero-order valence-corrected chi connectivity index (χ0v) is 13.7. The first-order valence-corrected chi connectivity index (χ1v) is 7.61. The first-order chi connectivity index (χ1) is 12.1. The summed E-state index contributed by atoms with van der Waals surface area (Å²) in [5.41, 5.74) is 3.72. The van der Waals surface area contributed by atoms with E-state index in [1.807, 2.05) is 0 Å². The molecule has 7 nitrogen and oxygen atoms in total. The Morgan fingerprint density at radius 2 is 1.68 bits per heavy atom. The first-order valence-electron chi connectivity index (χ1n) is 7.61. The minimum atomic E-state index is -0.361. The van der Waals surface area contributed by atoms with Crippen LogP contribution < -0.4 is 15.5 Å². The summed E-state index contributed by atoms with van der Waals surface area (Å²) < 4.78 is 5.04. The summed E-state index contributed by atoms with van der Waals surface area (Å²) in [6, 6.07) is 13.3. The Morgan fingerprint density at radius 1 is 1.04 bits per heavy atom. The van der Waals surface area contributed by atoms with Crippen molar-refractivity contribution in [3.05, 3.63) is 54.1 Å². The minimum Gasteiger partial charge on any atom is -0.508 e. The van der Waals surface area contributed by atoms with E-state index in [0.29, 0.717) is 11.4 Å². The number of ether oxygens (including phenoxy) is 1. The molecule has 0 saturated heterocycles. The van der Waals surface area contributed by atoms with Crippen molar-refractivity contribution < 1.29 is 19.4 Å². The van der Waals surface area contributed by atoms with Gasteiger partial charge < -0.3 is 15.2 Å². The molecule has 0 radical (unpaired) electrons. The van der Waals surface area contributed by atoms with Gasteiger partial charge in [-0.05, 0) is 54.1 Å². The van der Waals surface area contributed by atoms with Gasteiger partial charge in [0.05, 0.1) is 13.3 Å². The van der Waals surface area contributed by atoms with E-state index in [2.05, 4.69) is 15.8 Å². The Labute approximate surface area is 145 Å². The Hall–Kier alpha value is -3.35. The summed E-state index contributed by atoms with van der Waals surface area (Å²) in [5, 5.41) is 15.7. The molecule has 0 atom stereocenters. The summed E-state index contributed by atoms with van der Waals surface area (Å²) in [7, 11) is 1.57. The molecule has 7 heteroatoms. The summed E-state index contributed by atoms with van der Waals surface area (Å²) >= 11 is 0. The molecule has 3 N–H and O–H groups in total. The van der Waals surface area contributed by atoms with E-state index in [-0.39, 0.29) is 30.4 Å². The highest BCUT2D eigenvalue weighted by atomic mass is 16.5. The van der Waals surface area contributed by atoms with Gasteiger partial charge in [0.15, 0.2) is 0 Å². The zero-order valence-electron chi connectivity index (χ0n) is 13.7. The quantitative estimate of drug-likeness (QED) is 0.531. The lowest BCUT2D eigenvalue weighted by Crippen LogP contribution is -2.20. The molecule has 0 fully saturated rings. The number of rotatable bonds is 7. The van der Waals surface area contributed by atoms with Crippen LogP contribution in [0, 0.1) is 0 Å². The fourth-order valence-corrected chi connectivity index (χ4v) is 1.92. The van der Waals surface area contributed by atoms with Gasteiger partial charge in [0.1, 0.15) is 11.5 Å². The van der Waals surface area contributed by atoms with Gasteiger partial charge >= 0.3 is 0 Å². The average Bonchev–Trinajstić information content (AvgIpc) is 2.62. The van der Waals surface area contributed by atoms with Crippen LogP contribution in [-0.2, 0) is 9.59 Å². The third-order valence-corrected chi connectivity index (χ3v) is 3.25. The number of carbonyl (C=O) groups is 2. The Bertz CT molecular complexity index is 740. The second-order valence-corrected chi connectivity index (χ2v) is 5.16. The number of phenols is 1. The fraction of sp³-hybridized carbons (Fsp3) is 0.167. The number of nitrogens with one attached hydrogen (secondary N) is 2. The maximum Gasteiger partial charge on any atom is 0.240 e. The maximum atomic E-state index is 11.8. The Morgan fingerprint density at radius 3 is 2.32 bits per heavy atom. The molecule has 0 bridgehead atoms. The topological polar surface area (TPSA) is 100 Å². The van der Waals surface area contributed by atoms with Crippen molar-refractivity contribution in [1.82, 2.24) is 5.43 Å². The molecule has 0 aliphatic carbocycles. The second-order valence-electron chi connectivity index (χ2n) is 5.16. The van der Waals surface area contributed by atoms with Crippen molar-refractivity contribution in [3.8, 4) is 11.5 Å². The van der Waals surface area contributed by atoms with Gasteiger partial charge in [0.2, 0.25) is 11.8 Å². The largest absolute Gasteiger partial charge is 0.508 e. The number of phenolic OH excluding ortho intramolecular Hbond substituents is 1. The van der Waals surface area contributed by atoms with Gasteiger partial charge in [0.25, 0.3) is 0 Å². The number of amides is 2. The average molecular weight is 341 g/mol. The summed E-state index contributed by atoms with van der Waals surface area (Å²) in [6.45, 7) is 0. The fourth-order valence-electron chi connectivity index (χ4n) is 1.92. The van der Waals surface area contributed by atoms with Crippen LogP contribution in [0.3, 0.4) is 0 Å². The van der Waals surface area contributed by atoms with Gasteiger partial charge in [0, 0.05) is 18.5 Å². The molecule has 0 aliphatic heterocycles. The van der Waals surface area contributed by atoms with Crippen LogP contribution >= 0.6 is 0 Å². The molecule has 0 saturated carbocycles. The number of hydrogen-bond donors (Lipinski definition) is 3. The van der Waals surface area contributed by atoms with Crippen LogP contribution in [0.4, 0.5) is 5.69 Å². The van der Waals surface area contributed by atoms with E-state index in [0.717, 1.165) is 5.56 Å². The van der Waals surface area contributed by atoms with E-state index in [9.17, 15) is 9.59 Å². The molecule has 2 amide bonds. The van der Waals surface area contributed by atoms with E-state index in [1.54, 1.807) is 43.5 Å². The number of hydrazone groups is 1. The smallest absolute Gasteiger partial charge is 0.240 e. The van der Waals surface area contributed by atoms with E-state index in [4.69, 9.17) is 9.84 Å². The molecule has 25 heavy (non-hydrogen) atoms. The highest BCUT2D eigenvalue weighted by Crippen LogP contribution is 2.15. The molecule has 0 aromatic heterocycles. The molecule has 130 valence electrons. The van der Waals surface area contributed by atoms with Crippen molar-refractivity contribution in [2.24, 2.45) is 5.10 Å². The summed E-state index contributed by atoms with van der Waals surface area (Å²) in [4.78, 5) is 23.5. The molecule has 2 aromatic carbocycles. The first kappa shape index (κ1) is 18.0. The van der Waals surface area contributed by atoms with E-state index < -0.39 is 0 Å². The van der Waals surface area contributed by atoms with Crippen molar-refractivity contribution in [3.63, 3.8) is 0 Å². The highest BCUT2D eigenvalue weighted by Gasteiger charge is 2.06. The standard InChI is InChI=1S/C18H19N3O4/c1-25-16-8-4-14(5-9-16)20-17(23)10-11-18(24)21-19-12-13-2-6-15(22)7-3-13/h2-9,12,22H,10-11H2,1H3,(H,20,23)(H,21,24)/b19-12+. The van der Waals surface area contributed by atoms with Crippen molar-refractivity contribution in [1.29, 1.82) is 0 Å². The van der Waals surface area contributed by atoms with Crippen LogP contribution in [-0.4, -0.2) is 30.2 Å². The third-order valence-electron chi connectivity index (χ3n) is 3.25. The van der Waals surface area contributed by atoms with Gasteiger partial charge in [-0.1, -0.05) is 0 Å². The molecule has 0 spiro atoms. The van der Waals surface area contributed by atoms with E-state index >= 15 is 0 Å². The van der Waals surface area contributed by atoms with Gasteiger partial charge in [-0.25, -0.2) is 5.43 Å². The van der Waals surface area contributed by atoms with Gasteiger partial charge in [-0.3, -0.25) is 9.59 Å². The van der Waals surface area contributed by atoms with Gasteiger partial charge in [-0.2, -0.15) is 5.10 Å². The highest BCUT2D eigenvalue weighted by molar-refractivity contribution is 5.93. The molecule has 2 rings (SSSR count). The summed E-state index contributed by atoms with van der Waals surface area (Å²) in [5.74, 6) is 0.232. The van der Waals surface area contributed by atoms with Crippen molar-refractivity contribution >= 4 is 23.7 Å². The second kappa shape index (κ2) is 9.07. The zero-order chi connectivity index (χ0) is 18.1. The van der Waals surface area contributed by atoms with Crippen LogP contribution in [0.15, 0.2) is 53.6 Å². The van der Waals surface area contributed by atoms with Crippen LogP contribution in [0.1, 0.15) is 18.4 Å². The molecule has 0 unspecified atom stereocenters. The third kappa shape index (κ3) is 6.34. The number of aromatic hydroxyl groups is 1. The predicted octanol–water partition coefficient (Wildman–Crippen LogP) is 2.27. The number of anilines is 1. The monoisotopic (exact) mass is 341 g/mol. The molecular weight excluding hydrogens is 322 g/mol. The van der Waals surface area contributed by atoms with Crippen LogP contribution in [0.25, 0.3) is 0 Å². The van der Waals surface area contributed by atoms with Crippen LogP contribution in [0.5, 0.6) is 11.5 Å². The van der Waals surface area contributed by atoms with E-state index in [1.165, 1.54) is 18.3 Å². The number of hydrogen-bond acceptors (Lipinski definition) is 5. The Kier molecular flexibility index (Phi) is 6.53. The molecule has 2 aromatic rings. The lowest BCUT2D eigenvalue weighted by atomic mass is 10.2. The number of benzene rings is 2. The molecule has 0 aliphatic rings. The maximum absolute atomic E-state index is 11.8. The van der Waals surface area contributed by atoms with Gasteiger partial charge in [-0.15, -0.1) is 0 Å².